The van der Waals surface area contributed by atoms with Crippen molar-refractivity contribution in [3.63, 3.8) is 0 Å². The van der Waals surface area contributed by atoms with Crippen LogP contribution in [0.1, 0.15) is 63.6 Å². The van der Waals surface area contributed by atoms with Gasteiger partial charge in [0.15, 0.2) is 0 Å². The number of nitriles is 1. The van der Waals surface area contributed by atoms with Gasteiger partial charge in [-0.05, 0) is 67.3 Å². The number of aromatic nitrogens is 2. The maximum absolute atomic E-state index is 9.49. The van der Waals surface area contributed by atoms with Crippen LogP contribution in [0, 0.1) is 16.7 Å². The Balaban J connectivity index is 1.68. The molecule has 5 heteroatoms. The molecule has 4 rings (SSSR count). The van der Waals surface area contributed by atoms with Crippen LogP contribution in [-0.2, 0) is 6.42 Å². The van der Waals surface area contributed by atoms with Crippen LogP contribution in [0.5, 0.6) is 5.75 Å². The number of hydrogen-bond donors (Lipinski definition) is 0. The van der Waals surface area contributed by atoms with Gasteiger partial charge in [0.2, 0.25) is 5.82 Å². The topological polar surface area (TPSA) is 71.9 Å². The summed E-state index contributed by atoms with van der Waals surface area (Å²) in [5.74, 6) is 2.09. The molecule has 0 bridgehead atoms. The Bertz CT molecular complexity index is 1120. The molecule has 1 heterocycles. The Kier molecular flexibility index (Phi) is 5.11. The first-order valence-corrected chi connectivity index (χ1v) is 10.4. The number of benzene rings is 2. The van der Waals surface area contributed by atoms with Gasteiger partial charge in [0.1, 0.15) is 11.8 Å². The van der Waals surface area contributed by atoms with Crippen molar-refractivity contribution in [3.8, 4) is 34.7 Å². The minimum Gasteiger partial charge on any atom is -0.490 e. The van der Waals surface area contributed by atoms with Gasteiger partial charge < -0.3 is 9.26 Å². The molecule has 2 aromatic carbocycles. The van der Waals surface area contributed by atoms with Gasteiger partial charge in [0, 0.05) is 11.1 Å². The van der Waals surface area contributed by atoms with Crippen molar-refractivity contribution in [1.82, 2.24) is 10.1 Å². The van der Waals surface area contributed by atoms with E-state index in [0.29, 0.717) is 34.5 Å². The van der Waals surface area contributed by atoms with Crippen LogP contribution >= 0.6 is 0 Å². The van der Waals surface area contributed by atoms with E-state index < -0.39 is 0 Å². The summed E-state index contributed by atoms with van der Waals surface area (Å²) in [4.78, 5) is 4.65. The zero-order valence-electron chi connectivity index (χ0n) is 18.2. The quantitative estimate of drug-likeness (QED) is 0.525. The molecule has 0 radical (unpaired) electrons. The zero-order valence-corrected chi connectivity index (χ0v) is 18.2. The van der Waals surface area contributed by atoms with Crippen molar-refractivity contribution in [2.45, 2.75) is 59.5 Å². The lowest BCUT2D eigenvalue weighted by Crippen LogP contribution is -2.15. The van der Waals surface area contributed by atoms with Crippen molar-refractivity contribution in [2.24, 2.45) is 5.41 Å². The minimum absolute atomic E-state index is 0.00458. The molecular weight excluding hydrogens is 374 g/mol. The van der Waals surface area contributed by atoms with E-state index in [1.54, 1.807) is 12.1 Å². The average Bonchev–Trinajstić information content (AvgIpc) is 3.34. The Morgan fingerprint density at radius 2 is 2.00 bits per heavy atom. The number of hydrogen-bond acceptors (Lipinski definition) is 5. The fourth-order valence-electron chi connectivity index (χ4n) is 4.32. The molecule has 0 unspecified atom stereocenters. The van der Waals surface area contributed by atoms with Gasteiger partial charge in [0.25, 0.3) is 5.89 Å². The van der Waals surface area contributed by atoms with Gasteiger partial charge >= 0.3 is 0 Å². The van der Waals surface area contributed by atoms with E-state index in [4.69, 9.17) is 9.26 Å². The summed E-state index contributed by atoms with van der Waals surface area (Å²) >= 11 is 0. The van der Waals surface area contributed by atoms with Crippen LogP contribution in [0.3, 0.4) is 0 Å². The van der Waals surface area contributed by atoms with E-state index in [-0.39, 0.29) is 11.5 Å². The molecule has 0 fully saturated rings. The first kappa shape index (κ1) is 20.2. The third kappa shape index (κ3) is 3.70. The molecule has 0 aliphatic heterocycles. The Labute approximate surface area is 177 Å². The normalized spacial score (nSPS) is 15.8. The predicted molar refractivity (Wildman–Crippen MR) is 116 cm³/mol. The second-order valence-electron chi connectivity index (χ2n) is 9.24. The molecule has 0 amide bonds. The summed E-state index contributed by atoms with van der Waals surface area (Å²) in [5.41, 5.74) is 5.14. The molecule has 5 nitrogen and oxygen atoms in total. The van der Waals surface area contributed by atoms with Crippen LogP contribution in [0.15, 0.2) is 40.9 Å². The lowest BCUT2D eigenvalue weighted by Gasteiger charge is -2.27. The van der Waals surface area contributed by atoms with Gasteiger partial charge in [-0.1, -0.05) is 44.1 Å². The smallest absolute Gasteiger partial charge is 0.258 e. The van der Waals surface area contributed by atoms with E-state index in [2.05, 4.69) is 55.2 Å². The molecule has 1 atom stereocenters. The monoisotopic (exact) mass is 401 g/mol. The van der Waals surface area contributed by atoms with Crippen LogP contribution in [0.2, 0.25) is 0 Å². The van der Waals surface area contributed by atoms with Crippen molar-refractivity contribution in [3.05, 3.63) is 53.1 Å². The third-order valence-electron chi connectivity index (χ3n) is 5.69. The molecule has 0 saturated heterocycles. The summed E-state index contributed by atoms with van der Waals surface area (Å²) < 4.78 is 11.3. The van der Waals surface area contributed by atoms with Crippen molar-refractivity contribution < 1.29 is 9.26 Å². The minimum atomic E-state index is -0.00458. The predicted octanol–water partition coefficient (Wildman–Crippen LogP) is 6.14. The Hall–Kier alpha value is -3.13. The second-order valence-corrected chi connectivity index (χ2v) is 9.24. The van der Waals surface area contributed by atoms with E-state index >= 15 is 0 Å². The van der Waals surface area contributed by atoms with Crippen LogP contribution < -0.4 is 4.74 Å². The fraction of sp³-hybridized carbons (Fsp3) is 0.400. The summed E-state index contributed by atoms with van der Waals surface area (Å²) in [7, 11) is 0. The van der Waals surface area contributed by atoms with Gasteiger partial charge in [-0.2, -0.15) is 10.2 Å². The first-order chi connectivity index (χ1) is 14.3. The van der Waals surface area contributed by atoms with Crippen molar-refractivity contribution in [2.75, 3.05) is 0 Å². The summed E-state index contributed by atoms with van der Waals surface area (Å²) in [6, 6.07) is 13.9. The zero-order chi connectivity index (χ0) is 21.5. The molecular formula is C25H27N3O2. The third-order valence-corrected chi connectivity index (χ3v) is 5.69. The number of fused-ring (bicyclic) bond motifs is 1. The molecule has 1 aliphatic rings. The molecule has 0 saturated carbocycles. The summed E-state index contributed by atoms with van der Waals surface area (Å²) in [5, 5.41) is 13.7. The SMILES string of the molecule is CC(C)Oc1ccc(-c2nc(-c3cccc4c3CC[C@H]4C(C)(C)C)no2)cc1C#N. The molecule has 30 heavy (non-hydrogen) atoms. The number of rotatable bonds is 4. The van der Waals surface area contributed by atoms with Crippen LogP contribution in [0.25, 0.3) is 22.8 Å². The van der Waals surface area contributed by atoms with Gasteiger partial charge in [0.05, 0.1) is 11.7 Å². The van der Waals surface area contributed by atoms with E-state index in [1.807, 2.05) is 19.9 Å². The van der Waals surface area contributed by atoms with E-state index in [9.17, 15) is 5.26 Å². The molecule has 1 aromatic heterocycles. The van der Waals surface area contributed by atoms with Crippen molar-refractivity contribution in [1.29, 1.82) is 5.26 Å². The van der Waals surface area contributed by atoms with Gasteiger partial charge in [-0.3, -0.25) is 0 Å². The highest BCUT2D eigenvalue weighted by atomic mass is 16.5. The Morgan fingerprint density at radius 1 is 1.20 bits per heavy atom. The highest BCUT2D eigenvalue weighted by Gasteiger charge is 2.34. The van der Waals surface area contributed by atoms with Crippen molar-refractivity contribution >= 4 is 0 Å². The standard InChI is InChI=1S/C25H27N3O2/c1-15(2)29-22-12-9-16(13-17(22)14-26)24-27-23(28-30-24)20-8-6-7-19-18(20)10-11-21(19)25(3,4)5/h6-9,12-13,15,21H,10-11H2,1-5H3/t21-/m1/s1. The second kappa shape index (κ2) is 7.60. The Morgan fingerprint density at radius 3 is 2.70 bits per heavy atom. The molecule has 0 spiro atoms. The number of nitrogens with zero attached hydrogens (tertiary/aromatic N) is 3. The summed E-state index contributed by atoms with van der Waals surface area (Å²) in [6.45, 7) is 10.8. The largest absolute Gasteiger partial charge is 0.490 e. The van der Waals surface area contributed by atoms with Crippen LogP contribution in [-0.4, -0.2) is 16.2 Å². The van der Waals surface area contributed by atoms with E-state index in [1.165, 1.54) is 11.1 Å². The lowest BCUT2D eigenvalue weighted by molar-refractivity contribution is 0.241. The maximum Gasteiger partial charge on any atom is 0.258 e. The average molecular weight is 402 g/mol. The molecule has 0 N–H and O–H groups in total. The maximum atomic E-state index is 9.49. The molecule has 1 aliphatic carbocycles. The van der Waals surface area contributed by atoms with Crippen LogP contribution in [0.4, 0.5) is 0 Å². The lowest BCUT2D eigenvalue weighted by atomic mass is 9.77. The summed E-state index contributed by atoms with van der Waals surface area (Å²) in [6.07, 6.45) is 2.16. The fourth-order valence-corrected chi connectivity index (χ4v) is 4.32. The highest BCUT2D eigenvalue weighted by molar-refractivity contribution is 5.67. The van der Waals surface area contributed by atoms with E-state index in [0.717, 1.165) is 18.4 Å². The first-order valence-electron chi connectivity index (χ1n) is 10.4. The molecule has 3 aromatic rings. The number of ether oxygens (including phenoxy) is 1. The highest BCUT2D eigenvalue weighted by Crippen LogP contribution is 2.47. The van der Waals surface area contributed by atoms with Gasteiger partial charge in [-0.15, -0.1) is 0 Å². The molecule has 154 valence electrons. The van der Waals surface area contributed by atoms with Gasteiger partial charge in [-0.25, -0.2) is 0 Å².